The maximum atomic E-state index is 11.6. The first-order valence-electron chi connectivity index (χ1n) is 6.02. The van der Waals surface area contributed by atoms with Crippen LogP contribution in [-0.4, -0.2) is 58.3 Å². The molecule has 2 atom stereocenters. The molecular formula is C10H18N4O7S2. The molecule has 13 heteroatoms. The number of nitrogens with one attached hydrogen (secondary N) is 3. The van der Waals surface area contributed by atoms with Crippen LogP contribution in [0.1, 0.15) is 12.8 Å². The van der Waals surface area contributed by atoms with Crippen molar-refractivity contribution in [3.8, 4) is 0 Å². The zero-order chi connectivity index (χ0) is 17.1. The van der Waals surface area contributed by atoms with Gasteiger partial charge in [-0.3, -0.25) is 19.8 Å². The number of amides is 2. The van der Waals surface area contributed by atoms with Gasteiger partial charge in [-0.15, -0.1) is 4.91 Å². The number of carbonyl (C=O) groups is 4. The molecule has 2 unspecified atom stereocenters. The lowest BCUT2D eigenvalue weighted by Crippen LogP contribution is -2.49. The predicted molar refractivity (Wildman–Crippen MR) is 86.4 cm³/mol. The van der Waals surface area contributed by atoms with Crippen LogP contribution in [-0.2, 0) is 19.2 Å². The minimum absolute atomic E-state index is 0. The molecule has 132 valence electrons. The molecule has 0 aliphatic rings. The molecular weight excluding hydrogens is 352 g/mol. The summed E-state index contributed by atoms with van der Waals surface area (Å²) in [6.45, 7) is -0.602. The van der Waals surface area contributed by atoms with Gasteiger partial charge in [0.15, 0.2) is 0 Å². The lowest BCUT2D eigenvalue weighted by atomic mass is 10.1. The van der Waals surface area contributed by atoms with Crippen LogP contribution >= 0.6 is 26.1 Å². The van der Waals surface area contributed by atoms with Crippen LogP contribution < -0.4 is 16.1 Å². The SMILES string of the molecule is O=NNC(CCC(=O)NC(CS)C(=O)NCC(=O)O)C(=O)O.S. The third-order valence-electron chi connectivity index (χ3n) is 2.41. The molecule has 0 fully saturated rings. The topological polar surface area (TPSA) is 174 Å². The van der Waals surface area contributed by atoms with Crippen LogP contribution in [0.2, 0.25) is 0 Å². The van der Waals surface area contributed by atoms with E-state index in [2.05, 4.69) is 28.5 Å². The van der Waals surface area contributed by atoms with Gasteiger partial charge in [0.25, 0.3) is 0 Å². The second kappa shape index (κ2) is 12.5. The largest absolute Gasteiger partial charge is 0.480 e. The van der Waals surface area contributed by atoms with Crippen LogP contribution in [0, 0.1) is 4.91 Å². The van der Waals surface area contributed by atoms with E-state index in [1.54, 1.807) is 5.43 Å². The Morgan fingerprint density at radius 3 is 2.17 bits per heavy atom. The third-order valence-corrected chi connectivity index (χ3v) is 2.78. The van der Waals surface area contributed by atoms with Crippen molar-refractivity contribution in [3.05, 3.63) is 4.91 Å². The molecule has 0 bridgehead atoms. The molecule has 0 aromatic rings. The summed E-state index contributed by atoms with van der Waals surface area (Å²) in [4.78, 5) is 54.2. The molecule has 0 rings (SSSR count). The third kappa shape index (κ3) is 10.4. The van der Waals surface area contributed by atoms with Crippen molar-refractivity contribution < 1.29 is 29.4 Å². The number of aliphatic carboxylic acids is 2. The predicted octanol–water partition coefficient (Wildman–Crippen LogP) is -1.78. The zero-order valence-corrected chi connectivity index (χ0v) is 13.7. The molecule has 0 aromatic carbocycles. The zero-order valence-electron chi connectivity index (χ0n) is 11.8. The molecule has 2 amide bonds. The maximum absolute atomic E-state index is 11.6. The highest BCUT2D eigenvalue weighted by Crippen LogP contribution is 1.99. The quantitative estimate of drug-likeness (QED) is 0.141. The molecule has 0 spiro atoms. The van der Waals surface area contributed by atoms with Crippen LogP contribution in [0.5, 0.6) is 0 Å². The summed E-state index contributed by atoms with van der Waals surface area (Å²) >= 11 is 3.86. The average Bonchev–Trinajstić information content (AvgIpc) is 2.46. The molecule has 0 aliphatic carbocycles. The van der Waals surface area contributed by atoms with Gasteiger partial charge in [0.1, 0.15) is 18.6 Å². The first-order valence-corrected chi connectivity index (χ1v) is 6.65. The van der Waals surface area contributed by atoms with Crippen molar-refractivity contribution in [1.82, 2.24) is 16.1 Å². The average molecular weight is 370 g/mol. The molecule has 23 heavy (non-hydrogen) atoms. The van der Waals surface area contributed by atoms with E-state index in [9.17, 15) is 24.1 Å². The number of nitrogens with zero attached hydrogens (tertiary/aromatic N) is 1. The number of carboxylic acid groups (broad SMARTS) is 2. The minimum Gasteiger partial charge on any atom is -0.480 e. The second-order valence-electron chi connectivity index (χ2n) is 4.06. The van der Waals surface area contributed by atoms with Crippen LogP contribution in [0.4, 0.5) is 0 Å². The first kappa shape index (κ1) is 23.2. The van der Waals surface area contributed by atoms with Gasteiger partial charge >= 0.3 is 11.9 Å². The summed E-state index contributed by atoms with van der Waals surface area (Å²) in [5, 5.41) is 23.7. The molecule has 0 saturated carbocycles. The molecule has 0 radical (unpaired) electrons. The Kier molecular flexibility index (Phi) is 12.7. The Morgan fingerprint density at radius 2 is 1.74 bits per heavy atom. The van der Waals surface area contributed by atoms with Gasteiger partial charge in [-0.1, -0.05) is 0 Å². The van der Waals surface area contributed by atoms with Crippen molar-refractivity contribution in [3.63, 3.8) is 0 Å². The van der Waals surface area contributed by atoms with Gasteiger partial charge in [0.2, 0.25) is 11.8 Å². The fourth-order valence-corrected chi connectivity index (χ4v) is 1.59. The van der Waals surface area contributed by atoms with E-state index in [1.165, 1.54) is 0 Å². The van der Waals surface area contributed by atoms with Crippen molar-refractivity contribution in [1.29, 1.82) is 0 Å². The number of hydrogen-bond donors (Lipinski definition) is 6. The Bertz CT molecular complexity index is 449. The van der Waals surface area contributed by atoms with Gasteiger partial charge in [0.05, 0.1) is 5.29 Å². The van der Waals surface area contributed by atoms with Gasteiger partial charge in [-0.05, 0) is 6.42 Å². The van der Waals surface area contributed by atoms with Crippen LogP contribution in [0.15, 0.2) is 5.29 Å². The highest BCUT2D eigenvalue weighted by molar-refractivity contribution is 7.80. The smallest absolute Gasteiger partial charge is 0.327 e. The van der Waals surface area contributed by atoms with E-state index in [4.69, 9.17) is 10.2 Å². The Morgan fingerprint density at radius 1 is 1.13 bits per heavy atom. The lowest BCUT2D eigenvalue weighted by Gasteiger charge is -2.16. The molecule has 0 heterocycles. The van der Waals surface area contributed by atoms with Crippen LogP contribution in [0.3, 0.4) is 0 Å². The van der Waals surface area contributed by atoms with Crippen molar-refractivity contribution in [2.24, 2.45) is 5.29 Å². The fraction of sp³-hybridized carbons (Fsp3) is 0.600. The molecule has 11 nitrogen and oxygen atoms in total. The number of thiol groups is 1. The Balaban J connectivity index is 0. The Hall–Kier alpha value is -2.02. The van der Waals surface area contributed by atoms with Gasteiger partial charge < -0.3 is 20.8 Å². The Labute approximate surface area is 143 Å². The van der Waals surface area contributed by atoms with E-state index in [0.29, 0.717) is 0 Å². The lowest BCUT2D eigenvalue weighted by molar-refractivity contribution is -0.140. The summed E-state index contributed by atoms with van der Waals surface area (Å²) in [6, 6.07) is -2.38. The first-order chi connectivity index (χ1) is 10.3. The van der Waals surface area contributed by atoms with Crippen LogP contribution in [0.25, 0.3) is 0 Å². The number of rotatable bonds is 11. The van der Waals surface area contributed by atoms with Gasteiger partial charge in [-0.2, -0.15) is 26.1 Å². The number of carboxylic acids is 2. The monoisotopic (exact) mass is 370 g/mol. The van der Waals surface area contributed by atoms with E-state index in [-0.39, 0.29) is 32.1 Å². The summed E-state index contributed by atoms with van der Waals surface area (Å²) in [6.07, 6.45) is -0.501. The summed E-state index contributed by atoms with van der Waals surface area (Å²) in [5.41, 5.74) is 1.79. The van der Waals surface area contributed by atoms with Crippen molar-refractivity contribution >= 4 is 49.9 Å². The van der Waals surface area contributed by atoms with Crippen molar-refractivity contribution in [2.75, 3.05) is 12.3 Å². The van der Waals surface area contributed by atoms with E-state index < -0.39 is 42.4 Å². The summed E-state index contributed by atoms with van der Waals surface area (Å²) in [5.74, 6) is -4.04. The standard InChI is InChI=1S/C10H16N4O7S.H2S/c15-7(2-1-5(10(19)20)13-14-21)12-6(4-22)9(18)11-3-8(16)17;/h5-6,22H,1-4H2,(H,11,18)(H,12,15)(H,13,21)(H,16,17)(H,19,20);1H2. The highest BCUT2D eigenvalue weighted by Gasteiger charge is 2.22. The molecule has 0 aromatic heterocycles. The molecule has 0 saturated heterocycles. The normalized spacial score (nSPS) is 12.0. The number of carbonyl (C=O) groups excluding carboxylic acids is 2. The van der Waals surface area contributed by atoms with E-state index in [1.807, 2.05) is 0 Å². The molecule has 5 N–H and O–H groups in total. The fourth-order valence-electron chi connectivity index (χ4n) is 1.33. The molecule has 0 aliphatic heterocycles. The summed E-state index contributed by atoms with van der Waals surface area (Å²) in [7, 11) is 0. The number of hydrogen-bond acceptors (Lipinski definition) is 7. The maximum Gasteiger partial charge on any atom is 0.327 e. The highest BCUT2D eigenvalue weighted by atomic mass is 32.1. The minimum atomic E-state index is -1.35. The van der Waals surface area contributed by atoms with Gasteiger partial charge in [-0.25, -0.2) is 4.79 Å². The van der Waals surface area contributed by atoms with E-state index in [0.717, 1.165) is 0 Å². The summed E-state index contributed by atoms with van der Waals surface area (Å²) < 4.78 is 0. The van der Waals surface area contributed by atoms with Gasteiger partial charge in [0, 0.05) is 12.2 Å². The van der Waals surface area contributed by atoms with E-state index >= 15 is 0 Å². The van der Waals surface area contributed by atoms with Crippen molar-refractivity contribution in [2.45, 2.75) is 24.9 Å². The number of nitroso groups, excluding NO2 is 1. The second-order valence-corrected chi connectivity index (χ2v) is 4.43.